The van der Waals surface area contributed by atoms with E-state index in [0.29, 0.717) is 13.5 Å². The van der Waals surface area contributed by atoms with Crippen LogP contribution < -0.4 is 33.9 Å². The van der Waals surface area contributed by atoms with Crippen LogP contribution >= 0.6 is 0 Å². The van der Waals surface area contributed by atoms with Gasteiger partial charge in [-0.1, -0.05) is 39.5 Å². The molecule has 0 bridgehead atoms. The van der Waals surface area contributed by atoms with E-state index in [2.05, 4.69) is 69.6 Å². The van der Waals surface area contributed by atoms with Crippen LogP contribution in [0.3, 0.4) is 0 Å². The molecule has 0 fully saturated rings. The lowest BCUT2D eigenvalue weighted by atomic mass is 10.2. The summed E-state index contributed by atoms with van der Waals surface area (Å²) in [6.45, 7) is 9.58. The van der Waals surface area contributed by atoms with Gasteiger partial charge >= 0.3 is 0 Å². The van der Waals surface area contributed by atoms with E-state index in [1.807, 2.05) is 0 Å². The molecule has 0 N–H and O–H groups in total. The average Bonchev–Trinajstić information content (AvgIpc) is 3.35. The molecule has 2 rings (SSSR count). The second kappa shape index (κ2) is 18.7. The number of halogens is 2. The van der Waals surface area contributed by atoms with Gasteiger partial charge in [0.1, 0.15) is 24.8 Å². The van der Waals surface area contributed by atoms with Crippen molar-refractivity contribution >= 4 is 0 Å². The first-order valence-corrected chi connectivity index (χ1v) is 11.1. The van der Waals surface area contributed by atoms with Crippen molar-refractivity contribution in [2.45, 2.75) is 91.8 Å². The van der Waals surface area contributed by atoms with Crippen molar-refractivity contribution in [3.05, 3.63) is 37.4 Å². The number of unbranched alkanes of at least 4 members (excludes halogenated alkanes) is 5. The van der Waals surface area contributed by atoms with Crippen molar-refractivity contribution in [2.24, 2.45) is 0 Å². The normalized spacial score (nSPS) is 10.6. The third-order valence-electron chi connectivity index (χ3n) is 4.84. The topological polar surface area (TPSA) is 36.1 Å². The van der Waals surface area contributed by atoms with E-state index in [0.717, 1.165) is 39.1 Å². The fraction of sp³-hybridized carbons (Fsp3) is 0.727. The zero-order valence-electron chi connectivity index (χ0n) is 18.7. The Hall–Kier alpha value is -1.08. The van der Waals surface area contributed by atoms with Gasteiger partial charge in [0.25, 0.3) is 0 Å². The highest BCUT2D eigenvalue weighted by Crippen LogP contribution is 2.01. The summed E-state index contributed by atoms with van der Waals surface area (Å²) in [7, 11) is 0. The largest absolute Gasteiger partial charge is 1.00 e. The number of ether oxygens (including phenoxy) is 2. The summed E-state index contributed by atoms with van der Waals surface area (Å²) in [5.74, 6) is 0. The van der Waals surface area contributed by atoms with E-state index < -0.39 is 0 Å². The van der Waals surface area contributed by atoms with Gasteiger partial charge in [0, 0.05) is 0 Å². The summed E-state index contributed by atoms with van der Waals surface area (Å²) in [5, 5.41) is 0. The minimum Gasteiger partial charge on any atom is -1.00 e. The van der Waals surface area contributed by atoms with Gasteiger partial charge in [0.2, 0.25) is 12.7 Å². The lowest BCUT2D eigenvalue weighted by Crippen LogP contribution is -3.00. The molecule has 8 heteroatoms. The first kappa shape index (κ1) is 28.9. The Morgan fingerprint density at radius 2 is 1.07 bits per heavy atom. The van der Waals surface area contributed by atoms with Gasteiger partial charge in [-0.3, -0.25) is 0 Å². The van der Waals surface area contributed by atoms with Crippen molar-refractivity contribution in [1.29, 1.82) is 0 Å². The van der Waals surface area contributed by atoms with E-state index in [1.165, 1.54) is 38.5 Å². The minimum absolute atomic E-state index is 0. The third-order valence-corrected chi connectivity index (χ3v) is 4.84. The first-order chi connectivity index (χ1) is 13.8. The highest BCUT2D eigenvalue weighted by atomic mass is 35.5. The fourth-order valence-corrected chi connectivity index (χ4v) is 3.08. The second-order valence-corrected chi connectivity index (χ2v) is 7.53. The van der Waals surface area contributed by atoms with Crippen LogP contribution in [0.2, 0.25) is 0 Å². The Morgan fingerprint density at radius 1 is 0.633 bits per heavy atom. The molecule has 0 atom stereocenters. The van der Waals surface area contributed by atoms with Gasteiger partial charge in [-0.15, -0.1) is 0 Å². The molecule has 0 aliphatic heterocycles. The van der Waals surface area contributed by atoms with E-state index in [-0.39, 0.29) is 24.8 Å². The highest BCUT2D eigenvalue weighted by Gasteiger charge is 2.04. The van der Waals surface area contributed by atoms with Crippen molar-refractivity contribution in [3.8, 4) is 0 Å². The van der Waals surface area contributed by atoms with Crippen LogP contribution in [-0.2, 0) is 36.0 Å². The number of rotatable bonds is 17. The van der Waals surface area contributed by atoms with Gasteiger partial charge in [0.15, 0.2) is 13.5 Å². The van der Waals surface area contributed by atoms with E-state index in [9.17, 15) is 0 Å². The Bertz CT molecular complexity index is 580. The summed E-state index contributed by atoms with van der Waals surface area (Å²) in [6, 6.07) is 0. The molecule has 2 aromatic rings. The second-order valence-electron chi connectivity index (χ2n) is 7.53. The third kappa shape index (κ3) is 12.6. The zero-order chi connectivity index (χ0) is 19.9. The monoisotopic (exact) mass is 462 g/mol. The van der Waals surface area contributed by atoms with Crippen LogP contribution in [0.25, 0.3) is 0 Å². The number of aryl methyl sites for hydroxylation is 2. The SMILES string of the molecule is CCCCn1cc[n+](COCCCCCCOC[n+]2ccn(CCCC)c2)c1.[Cl-].[Cl-]. The molecule has 0 radical (unpaired) electrons. The lowest BCUT2D eigenvalue weighted by Gasteiger charge is -2.03. The van der Waals surface area contributed by atoms with Crippen molar-refractivity contribution in [1.82, 2.24) is 9.13 Å². The first-order valence-electron chi connectivity index (χ1n) is 11.1. The summed E-state index contributed by atoms with van der Waals surface area (Å²) in [6.07, 6.45) is 22.2. The molecule has 0 aliphatic carbocycles. The van der Waals surface area contributed by atoms with Crippen LogP contribution in [0.1, 0.15) is 65.2 Å². The van der Waals surface area contributed by atoms with Crippen LogP contribution in [0.5, 0.6) is 0 Å². The summed E-state index contributed by atoms with van der Waals surface area (Å²) in [5.41, 5.74) is 0. The molecule has 0 aromatic carbocycles. The van der Waals surface area contributed by atoms with Gasteiger partial charge < -0.3 is 34.3 Å². The van der Waals surface area contributed by atoms with Crippen LogP contribution in [0, 0.1) is 0 Å². The van der Waals surface area contributed by atoms with Crippen LogP contribution in [0.4, 0.5) is 0 Å². The van der Waals surface area contributed by atoms with Gasteiger partial charge in [-0.05, 0) is 25.7 Å². The molecular formula is C22H40Cl2N4O2. The Balaban J connectivity index is 0.00000420. The lowest BCUT2D eigenvalue weighted by molar-refractivity contribution is -0.732. The van der Waals surface area contributed by atoms with Crippen molar-refractivity contribution in [2.75, 3.05) is 13.2 Å². The average molecular weight is 463 g/mol. The van der Waals surface area contributed by atoms with Gasteiger partial charge in [-0.25, -0.2) is 18.3 Å². The molecule has 0 saturated heterocycles. The minimum atomic E-state index is 0. The number of imidazole rings is 2. The molecule has 0 amide bonds. The predicted molar refractivity (Wildman–Crippen MR) is 109 cm³/mol. The summed E-state index contributed by atoms with van der Waals surface area (Å²) >= 11 is 0. The molecule has 2 heterocycles. The molecular weight excluding hydrogens is 423 g/mol. The maximum absolute atomic E-state index is 5.77. The molecule has 0 saturated carbocycles. The highest BCUT2D eigenvalue weighted by molar-refractivity contribution is 4.66. The van der Waals surface area contributed by atoms with Crippen LogP contribution in [-0.4, -0.2) is 22.3 Å². The summed E-state index contributed by atoms with van der Waals surface area (Å²) < 4.78 is 20.2. The fourth-order valence-electron chi connectivity index (χ4n) is 3.08. The zero-order valence-corrected chi connectivity index (χ0v) is 20.2. The number of hydrogen-bond acceptors (Lipinski definition) is 2. The summed E-state index contributed by atoms with van der Waals surface area (Å²) in [4.78, 5) is 0. The van der Waals surface area contributed by atoms with Crippen molar-refractivity contribution in [3.63, 3.8) is 0 Å². The predicted octanol–water partition coefficient (Wildman–Crippen LogP) is -2.32. The molecule has 0 aliphatic rings. The molecule has 0 unspecified atom stereocenters. The number of aromatic nitrogens is 4. The van der Waals surface area contributed by atoms with Crippen molar-refractivity contribution < 1.29 is 43.4 Å². The quantitative estimate of drug-likeness (QED) is 0.195. The van der Waals surface area contributed by atoms with E-state index >= 15 is 0 Å². The molecule has 0 spiro atoms. The Kier molecular flexibility index (Phi) is 18.0. The maximum Gasteiger partial charge on any atom is 0.245 e. The van der Waals surface area contributed by atoms with E-state index in [4.69, 9.17) is 9.47 Å². The van der Waals surface area contributed by atoms with Crippen LogP contribution in [0.15, 0.2) is 37.4 Å². The maximum atomic E-state index is 5.77. The number of hydrogen-bond donors (Lipinski definition) is 0. The molecule has 6 nitrogen and oxygen atoms in total. The Labute approximate surface area is 195 Å². The number of nitrogens with zero attached hydrogens (tertiary/aromatic N) is 4. The molecule has 2 aromatic heterocycles. The van der Waals surface area contributed by atoms with Gasteiger partial charge in [-0.2, -0.15) is 0 Å². The molecule has 30 heavy (non-hydrogen) atoms. The standard InChI is InChI=1S/C22H40N4O2.2ClH/c1-3-5-11-23-13-15-25(19-23)21-27-17-9-7-8-10-18-28-22-26-16-14-24(20-26)12-6-4-2;;/h13-16,19-20H,3-12,17-18,21-22H2,1-2H3;2*1H/q+2;;/p-2. The molecule has 174 valence electrons. The van der Waals surface area contributed by atoms with Gasteiger partial charge in [0.05, 0.1) is 26.3 Å². The Morgan fingerprint density at radius 3 is 1.47 bits per heavy atom. The van der Waals surface area contributed by atoms with E-state index in [1.54, 1.807) is 0 Å². The smallest absolute Gasteiger partial charge is 0.245 e.